The Hall–Kier alpha value is -1.76. The van der Waals surface area contributed by atoms with Gasteiger partial charge < -0.3 is 9.84 Å². The lowest BCUT2D eigenvalue weighted by Gasteiger charge is -2.27. The molecule has 28 heavy (non-hydrogen) atoms. The van der Waals surface area contributed by atoms with Crippen LogP contribution in [0.3, 0.4) is 0 Å². The Morgan fingerprint density at radius 3 is 2.68 bits per heavy atom. The van der Waals surface area contributed by atoms with E-state index in [0.29, 0.717) is 25.7 Å². The maximum atomic E-state index is 11.4. The molecule has 12 heteroatoms. The summed E-state index contributed by atoms with van der Waals surface area (Å²) in [5.74, 6) is -2.37. The van der Waals surface area contributed by atoms with Crippen molar-refractivity contribution in [3.63, 3.8) is 0 Å². The van der Waals surface area contributed by atoms with Crippen LogP contribution in [0.2, 0.25) is 0 Å². The highest BCUT2D eigenvalue weighted by atomic mass is 32.2. The number of ether oxygens (including phenoxy) is 1. The van der Waals surface area contributed by atoms with E-state index in [1.165, 1.54) is 6.26 Å². The minimum Gasteiger partial charge on any atom is -0.475 e. The number of hydrogen-bond donors (Lipinski definition) is 2. The second-order valence-corrected chi connectivity index (χ2v) is 8.79. The van der Waals surface area contributed by atoms with Crippen molar-refractivity contribution >= 4 is 16.0 Å². The van der Waals surface area contributed by atoms with Gasteiger partial charge in [-0.2, -0.15) is 13.2 Å². The zero-order valence-corrected chi connectivity index (χ0v) is 16.0. The number of carbonyl (C=O) groups is 1. The number of halogens is 3. The van der Waals surface area contributed by atoms with Crippen molar-refractivity contribution < 1.29 is 36.2 Å². The van der Waals surface area contributed by atoms with E-state index in [-0.39, 0.29) is 5.41 Å². The van der Waals surface area contributed by atoms with Crippen molar-refractivity contribution in [1.82, 2.24) is 14.6 Å². The molecule has 2 atom stereocenters. The van der Waals surface area contributed by atoms with Crippen LogP contribution in [0.25, 0.3) is 0 Å². The quantitative estimate of drug-likeness (QED) is 0.715. The molecule has 2 fully saturated rings. The van der Waals surface area contributed by atoms with Crippen LogP contribution in [0.15, 0.2) is 24.4 Å². The van der Waals surface area contributed by atoms with E-state index in [1.807, 2.05) is 18.2 Å². The fourth-order valence-corrected chi connectivity index (χ4v) is 3.86. The molecule has 0 aromatic carbocycles. The monoisotopic (exact) mass is 425 g/mol. The number of nitrogens with one attached hydrogen (secondary N) is 1. The Morgan fingerprint density at radius 2 is 2.14 bits per heavy atom. The fourth-order valence-electron chi connectivity index (χ4n) is 3.31. The molecule has 3 rings (SSSR count). The molecule has 0 radical (unpaired) electrons. The first-order chi connectivity index (χ1) is 12.9. The summed E-state index contributed by atoms with van der Waals surface area (Å²) in [5, 5.41) is 7.12. The summed E-state index contributed by atoms with van der Waals surface area (Å²) in [6, 6.07) is 5.92. The first-order valence-electron chi connectivity index (χ1n) is 8.36. The van der Waals surface area contributed by atoms with Crippen molar-refractivity contribution in [2.75, 3.05) is 39.1 Å². The largest absolute Gasteiger partial charge is 0.490 e. The summed E-state index contributed by atoms with van der Waals surface area (Å²) >= 11 is 0. The van der Waals surface area contributed by atoms with Gasteiger partial charge in [-0.25, -0.2) is 17.9 Å². The first kappa shape index (κ1) is 22.5. The normalized spacial score (nSPS) is 25.1. The van der Waals surface area contributed by atoms with Crippen LogP contribution in [0.1, 0.15) is 5.69 Å². The molecular formula is C16H22F3N3O5S. The third-order valence-corrected chi connectivity index (χ3v) is 5.30. The van der Waals surface area contributed by atoms with Gasteiger partial charge >= 0.3 is 12.1 Å². The molecule has 0 spiro atoms. The number of alkyl halides is 3. The number of nitrogens with zero attached hydrogens (tertiary/aromatic N) is 2. The number of likely N-dealkylation sites (tertiary alicyclic amines) is 1. The van der Waals surface area contributed by atoms with Crippen LogP contribution >= 0.6 is 0 Å². The predicted molar refractivity (Wildman–Crippen MR) is 92.8 cm³/mol. The van der Waals surface area contributed by atoms with Gasteiger partial charge in [-0.3, -0.25) is 9.88 Å². The Bertz CT molecular complexity index is 775. The van der Waals surface area contributed by atoms with Gasteiger partial charge in [0.25, 0.3) is 0 Å². The third-order valence-electron chi connectivity index (χ3n) is 4.63. The number of fused-ring (bicyclic) bond motifs is 1. The average molecular weight is 425 g/mol. The molecule has 0 unspecified atom stereocenters. The molecule has 0 saturated carbocycles. The molecule has 2 aliphatic heterocycles. The highest BCUT2D eigenvalue weighted by molar-refractivity contribution is 7.88. The SMILES string of the molecule is CS(=O)(=O)NC[C@]12COC[C@H]1CN(Cc1ccccn1)C2.O=C(O)C(F)(F)F. The lowest BCUT2D eigenvalue weighted by Crippen LogP contribution is -2.42. The smallest absolute Gasteiger partial charge is 0.475 e. The third kappa shape index (κ3) is 6.40. The maximum absolute atomic E-state index is 11.4. The summed E-state index contributed by atoms with van der Waals surface area (Å²) in [6.07, 6.45) is -2.08. The molecule has 0 amide bonds. The van der Waals surface area contributed by atoms with Crippen LogP contribution in [-0.2, 0) is 26.1 Å². The van der Waals surface area contributed by atoms with Gasteiger partial charge in [-0.1, -0.05) is 6.07 Å². The molecule has 1 aromatic rings. The fraction of sp³-hybridized carbons (Fsp3) is 0.625. The Morgan fingerprint density at radius 1 is 1.46 bits per heavy atom. The van der Waals surface area contributed by atoms with E-state index in [2.05, 4.69) is 14.6 Å². The topological polar surface area (TPSA) is 109 Å². The number of carboxylic acid groups (broad SMARTS) is 1. The number of aliphatic carboxylic acids is 1. The Kier molecular flexibility index (Phi) is 7.02. The molecule has 3 heterocycles. The maximum Gasteiger partial charge on any atom is 0.490 e. The van der Waals surface area contributed by atoms with Crippen LogP contribution in [-0.4, -0.2) is 74.7 Å². The molecule has 0 bridgehead atoms. The summed E-state index contributed by atoms with van der Waals surface area (Å²) in [5.41, 5.74) is 0.947. The molecular weight excluding hydrogens is 403 g/mol. The van der Waals surface area contributed by atoms with Crippen LogP contribution in [0.4, 0.5) is 13.2 Å². The highest BCUT2D eigenvalue weighted by Gasteiger charge is 2.50. The highest BCUT2D eigenvalue weighted by Crippen LogP contribution is 2.41. The van der Waals surface area contributed by atoms with Gasteiger partial charge in [-0.15, -0.1) is 0 Å². The van der Waals surface area contributed by atoms with Gasteiger partial charge in [0.15, 0.2) is 0 Å². The number of carboxylic acids is 1. The van der Waals surface area contributed by atoms with Gasteiger partial charge in [0, 0.05) is 43.7 Å². The number of pyridine rings is 1. The summed E-state index contributed by atoms with van der Waals surface area (Å²) < 4.78 is 62.7. The summed E-state index contributed by atoms with van der Waals surface area (Å²) in [4.78, 5) is 15.6. The van der Waals surface area contributed by atoms with E-state index in [1.54, 1.807) is 6.20 Å². The lowest BCUT2D eigenvalue weighted by molar-refractivity contribution is -0.192. The minimum atomic E-state index is -5.08. The van der Waals surface area contributed by atoms with E-state index in [0.717, 1.165) is 25.3 Å². The van der Waals surface area contributed by atoms with Crippen LogP contribution in [0, 0.1) is 11.3 Å². The zero-order chi connectivity index (χ0) is 21.0. The van der Waals surface area contributed by atoms with Gasteiger partial charge in [0.2, 0.25) is 10.0 Å². The average Bonchev–Trinajstić information content (AvgIpc) is 3.10. The minimum absolute atomic E-state index is 0.0993. The lowest BCUT2D eigenvalue weighted by atomic mass is 9.81. The Balaban J connectivity index is 0.000000345. The van der Waals surface area contributed by atoms with E-state index in [9.17, 15) is 21.6 Å². The molecule has 2 N–H and O–H groups in total. The molecule has 0 aliphatic carbocycles. The van der Waals surface area contributed by atoms with Gasteiger partial charge in [0.05, 0.1) is 25.2 Å². The summed E-state index contributed by atoms with van der Waals surface area (Å²) in [7, 11) is -3.17. The van der Waals surface area contributed by atoms with Crippen molar-refractivity contribution in [2.24, 2.45) is 11.3 Å². The van der Waals surface area contributed by atoms with Crippen molar-refractivity contribution in [3.05, 3.63) is 30.1 Å². The van der Waals surface area contributed by atoms with Crippen molar-refractivity contribution in [3.8, 4) is 0 Å². The number of rotatable bonds is 5. The number of aromatic nitrogens is 1. The standard InChI is InChI=1S/C14H21N3O3S.C2HF3O2/c1-21(18,19)16-9-14-10-17(6-12(14)8-20-11-14)7-13-4-2-3-5-15-13;3-2(4,5)1(6)7/h2-5,12,16H,6-11H2,1H3;(H,6,7)/t12-,14+;/m1./s1. The van der Waals surface area contributed by atoms with Crippen molar-refractivity contribution in [2.45, 2.75) is 12.7 Å². The number of hydrogen-bond acceptors (Lipinski definition) is 6. The molecule has 1 aromatic heterocycles. The van der Waals surface area contributed by atoms with Gasteiger partial charge in [-0.05, 0) is 12.1 Å². The zero-order valence-electron chi connectivity index (χ0n) is 15.1. The molecule has 2 saturated heterocycles. The molecule has 158 valence electrons. The van der Waals surface area contributed by atoms with Gasteiger partial charge in [0.1, 0.15) is 0 Å². The molecule has 2 aliphatic rings. The first-order valence-corrected chi connectivity index (χ1v) is 10.3. The van der Waals surface area contributed by atoms with E-state index < -0.39 is 22.2 Å². The molecule has 8 nitrogen and oxygen atoms in total. The van der Waals surface area contributed by atoms with Crippen LogP contribution in [0.5, 0.6) is 0 Å². The number of sulfonamides is 1. The Labute approximate surface area is 160 Å². The predicted octanol–water partition coefficient (Wildman–Crippen LogP) is 0.713. The van der Waals surface area contributed by atoms with E-state index in [4.69, 9.17) is 14.6 Å². The van der Waals surface area contributed by atoms with E-state index >= 15 is 0 Å². The second kappa shape index (κ2) is 8.72. The van der Waals surface area contributed by atoms with Crippen LogP contribution < -0.4 is 4.72 Å². The second-order valence-electron chi connectivity index (χ2n) is 6.96. The summed E-state index contributed by atoms with van der Waals surface area (Å²) in [6.45, 7) is 4.37. The van der Waals surface area contributed by atoms with Crippen molar-refractivity contribution in [1.29, 1.82) is 0 Å².